The topological polar surface area (TPSA) is 48.7 Å². The summed E-state index contributed by atoms with van der Waals surface area (Å²) >= 11 is 0. The van der Waals surface area contributed by atoms with Crippen LogP contribution in [0.25, 0.3) is 0 Å². The van der Waals surface area contributed by atoms with Crippen molar-refractivity contribution >= 4 is 35.9 Å². The van der Waals surface area contributed by atoms with Crippen LogP contribution >= 0.6 is 24.0 Å². The molecule has 1 N–H and O–H groups in total. The van der Waals surface area contributed by atoms with E-state index >= 15 is 0 Å². The van der Waals surface area contributed by atoms with E-state index in [4.69, 9.17) is 0 Å². The second kappa shape index (κ2) is 9.96. The molecule has 0 bridgehead atoms. The van der Waals surface area contributed by atoms with Gasteiger partial charge in [-0.1, -0.05) is 30.3 Å². The summed E-state index contributed by atoms with van der Waals surface area (Å²) in [6.45, 7) is 2.85. The lowest BCUT2D eigenvalue weighted by Crippen LogP contribution is -2.40. The van der Waals surface area contributed by atoms with Crippen LogP contribution in [0.1, 0.15) is 17.7 Å². The van der Waals surface area contributed by atoms with E-state index in [0.717, 1.165) is 43.7 Å². The van der Waals surface area contributed by atoms with Gasteiger partial charge in [-0.05, 0) is 24.3 Å². The van der Waals surface area contributed by atoms with Crippen molar-refractivity contribution in [2.75, 3.05) is 39.1 Å². The number of rotatable bonds is 5. The smallest absolute Gasteiger partial charge is 0.204 e. The molecule has 1 atom stereocenters. The van der Waals surface area contributed by atoms with Gasteiger partial charge in [-0.25, -0.2) is 4.98 Å². The van der Waals surface area contributed by atoms with Crippen LogP contribution in [0.15, 0.2) is 41.5 Å². The Morgan fingerprint density at radius 2 is 2.04 bits per heavy atom. The van der Waals surface area contributed by atoms with Crippen molar-refractivity contribution in [3.05, 3.63) is 47.8 Å². The third-order valence-corrected chi connectivity index (χ3v) is 5.05. The normalized spacial score (nSPS) is 17.0. The first kappa shape index (κ1) is 21.5. The zero-order valence-electron chi connectivity index (χ0n) is 16.7. The molecule has 3 rings (SSSR count). The van der Waals surface area contributed by atoms with E-state index in [-0.39, 0.29) is 24.0 Å². The van der Waals surface area contributed by atoms with Crippen molar-refractivity contribution in [1.82, 2.24) is 19.8 Å². The number of nitrogens with zero attached hydrogens (tertiary/aromatic N) is 5. The van der Waals surface area contributed by atoms with Crippen LogP contribution in [-0.4, -0.2) is 54.6 Å². The van der Waals surface area contributed by atoms with Crippen molar-refractivity contribution in [3.8, 4) is 0 Å². The van der Waals surface area contributed by atoms with E-state index in [1.165, 1.54) is 12.0 Å². The van der Waals surface area contributed by atoms with Gasteiger partial charge < -0.3 is 19.7 Å². The molecule has 6 nitrogen and oxygen atoms in total. The number of aromatic nitrogens is 2. The van der Waals surface area contributed by atoms with Gasteiger partial charge in [-0.15, -0.1) is 24.0 Å². The third kappa shape index (κ3) is 5.37. The first-order chi connectivity index (χ1) is 12.6. The Hall–Kier alpha value is -1.77. The standard InChI is InChI=1S/C20H30N6.HI/c1-21-19(22-13-18-14-23-20(24(2)3)25(18)4)26-11-10-17(15-26)12-16-8-6-5-7-9-16;/h5-9,14,17H,10-13,15H2,1-4H3,(H,21,22);1H. The van der Waals surface area contributed by atoms with Crippen LogP contribution in [0.2, 0.25) is 0 Å². The highest BCUT2D eigenvalue weighted by Crippen LogP contribution is 2.21. The number of nitrogens with one attached hydrogen (secondary N) is 1. The Morgan fingerprint density at radius 3 is 2.67 bits per heavy atom. The van der Waals surface area contributed by atoms with Crippen LogP contribution < -0.4 is 10.2 Å². The molecule has 1 aliphatic rings. The quantitative estimate of drug-likeness (QED) is 0.405. The minimum atomic E-state index is 0. The molecule has 1 unspecified atom stereocenters. The zero-order valence-corrected chi connectivity index (χ0v) is 19.1. The van der Waals surface area contributed by atoms with Crippen LogP contribution in [0.4, 0.5) is 5.95 Å². The second-order valence-corrected chi connectivity index (χ2v) is 7.19. The van der Waals surface area contributed by atoms with Crippen molar-refractivity contribution in [1.29, 1.82) is 0 Å². The molecule has 1 aromatic heterocycles. The molecule has 0 radical (unpaired) electrons. The molecule has 2 aromatic rings. The van der Waals surface area contributed by atoms with E-state index in [9.17, 15) is 0 Å². The number of likely N-dealkylation sites (tertiary alicyclic amines) is 1. The number of imidazole rings is 1. The van der Waals surface area contributed by atoms with Crippen molar-refractivity contribution < 1.29 is 0 Å². The Kier molecular flexibility index (Phi) is 7.94. The van der Waals surface area contributed by atoms with Crippen molar-refractivity contribution in [3.63, 3.8) is 0 Å². The highest BCUT2D eigenvalue weighted by Gasteiger charge is 2.25. The van der Waals surface area contributed by atoms with E-state index in [0.29, 0.717) is 5.92 Å². The molecule has 148 valence electrons. The summed E-state index contributed by atoms with van der Waals surface area (Å²) in [5, 5.41) is 3.50. The van der Waals surface area contributed by atoms with E-state index < -0.39 is 0 Å². The first-order valence-electron chi connectivity index (χ1n) is 9.26. The highest BCUT2D eigenvalue weighted by atomic mass is 127. The predicted molar refractivity (Wildman–Crippen MR) is 123 cm³/mol. The molecule has 1 saturated heterocycles. The summed E-state index contributed by atoms with van der Waals surface area (Å²) in [6, 6.07) is 10.8. The van der Waals surface area contributed by atoms with Gasteiger partial charge >= 0.3 is 0 Å². The molecule has 0 amide bonds. The molecule has 7 heteroatoms. The maximum Gasteiger partial charge on any atom is 0.204 e. The van der Waals surface area contributed by atoms with Crippen LogP contribution in [-0.2, 0) is 20.0 Å². The number of hydrogen-bond donors (Lipinski definition) is 1. The molecule has 27 heavy (non-hydrogen) atoms. The van der Waals surface area contributed by atoms with E-state index in [2.05, 4.69) is 55.1 Å². The molecule has 0 aliphatic carbocycles. The Morgan fingerprint density at radius 1 is 1.30 bits per heavy atom. The summed E-state index contributed by atoms with van der Waals surface area (Å²) in [5.41, 5.74) is 2.57. The van der Waals surface area contributed by atoms with Gasteiger partial charge in [-0.3, -0.25) is 4.99 Å². The summed E-state index contributed by atoms with van der Waals surface area (Å²) in [6.07, 6.45) is 4.28. The average molecular weight is 482 g/mol. The molecule has 0 saturated carbocycles. The van der Waals surface area contributed by atoms with Gasteiger partial charge in [-0.2, -0.15) is 0 Å². The number of anilines is 1. The van der Waals surface area contributed by atoms with Gasteiger partial charge in [0.25, 0.3) is 0 Å². The van der Waals surface area contributed by atoms with E-state index in [1.807, 2.05) is 39.3 Å². The zero-order chi connectivity index (χ0) is 18.5. The Balaban J connectivity index is 0.00000261. The summed E-state index contributed by atoms with van der Waals surface area (Å²) in [5.74, 6) is 2.63. The average Bonchev–Trinajstić information content (AvgIpc) is 3.24. The Bertz CT molecular complexity index is 740. The number of halogens is 1. The Labute approximate surface area is 179 Å². The number of benzene rings is 1. The summed E-state index contributed by atoms with van der Waals surface area (Å²) in [7, 11) is 7.93. The van der Waals surface area contributed by atoms with Crippen molar-refractivity contribution in [2.45, 2.75) is 19.4 Å². The predicted octanol–water partition coefficient (Wildman–Crippen LogP) is 2.74. The second-order valence-electron chi connectivity index (χ2n) is 7.19. The monoisotopic (exact) mass is 482 g/mol. The van der Waals surface area contributed by atoms with Gasteiger partial charge in [0.1, 0.15) is 0 Å². The fraction of sp³-hybridized carbons (Fsp3) is 0.500. The minimum absolute atomic E-state index is 0. The molecular weight excluding hydrogens is 451 g/mol. The van der Waals surface area contributed by atoms with Gasteiger partial charge in [0.15, 0.2) is 5.96 Å². The highest BCUT2D eigenvalue weighted by molar-refractivity contribution is 14.0. The molecule has 1 aliphatic heterocycles. The van der Waals surface area contributed by atoms with Crippen LogP contribution in [0.5, 0.6) is 0 Å². The van der Waals surface area contributed by atoms with Crippen LogP contribution in [0.3, 0.4) is 0 Å². The summed E-state index contributed by atoms with van der Waals surface area (Å²) in [4.78, 5) is 13.4. The lowest BCUT2D eigenvalue weighted by atomic mass is 9.99. The van der Waals surface area contributed by atoms with Crippen LogP contribution in [0, 0.1) is 5.92 Å². The SMILES string of the molecule is CN=C(NCc1cnc(N(C)C)n1C)N1CCC(Cc2ccccc2)C1.I. The largest absolute Gasteiger partial charge is 0.351 e. The van der Waals surface area contributed by atoms with Gasteiger partial charge in [0, 0.05) is 41.3 Å². The lowest BCUT2D eigenvalue weighted by molar-refractivity contribution is 0.459. The minimum Gasteiger partial charge on any atom is -0.351 e. The summed E-state index contributed by atoms with van der Waals surface area (Å²) < 4.78 is 2.11. The molecule has 2 heterocycles. The van der Waals surface area contributed by atoms with Gasteiger partial charge in [0.05, 0.1) is 18.4 Å². The number of guanidine groups is 1. The first-order valence-corrected chi connectivity index (χ1v) is 9.26. The maximum absolute atomic E-state index is 4.49. The lowest BCUT2D eigenvalue weighted by Gasteiger charge is -2.22. The van der Waals surface area contributed by atoms with Crippen molar-refractivity contribution in [2.24, 2.45) is 18.0 Å². The fourth-order valence-electron chi connectivity index (χ4n) is 3.65. The molecule has 0 spiro atoms. The maximum atomic E-state index is 4.49. The fourth-order valence-corrected chi connectivity index (χ4v) is 3.65. The number of aliphatic imine (C=N–C) groups is 1. The molecular formula is C20H31IN6. The molecule has 1 aromatic carbocycles. The number of hydrogen-bond acceptors (Lipinski definition) is 3. The van der Waals surface area contributed by atoms with Gasteiger partial charge in [0.2, 0.25) is 5.95 Å². The molecule has 1 fully saturated rings. The van der Waals surface area contributed by atoms with E-state index in [1.54, 1.807) is 0 Å². The third-order valence-electron chi connectivity index (χ3n) is 5.05.